The lowest BCUT2D eigenvalue weighted by molar-refractivity contribution is 0.189. The smallest absolute Gasteiger partial charge is 0.317 e. The summed E-state index contributed by atoms with van der Waals surface area (Å²) in [6.45, 7) is 2.66. The van der Waals surface area contributed by atoms with Gasteiger partial charge in [-0.25, -0.2) is 4.79 Å². The fourth-order valence-corrected chi connectivity index (χ4v) is 3.42. The van der Waals surface area contributed by atoms with E-state index in [0.717, 1.165) is 49.2 Å². The Labute approximate surface area is 147 Å². The zero-order valence-electron chi connectivity index (χ0n) is 14.1. The first-order valence-electron chi connectivity index (χ1n) is 8.38. The number of benzene rings is 1. The monoisotopic (exact) mass is 346 g/mol. The summed E-state index contributed by atoms with van der Waals surface area (Å²) in [5, 5.41) is 8.02. The second-order valence-corrected chi connectivity index (χ2v) is 6.78. The maximum absolute atomic E-state index is 12.9. The van der Waals surface area contributed by atoms with Crippen LogP contribution in [-0.4, -0.2) is 27.3 Å². The second-order valence-electron chi connectivity index (χ2n) is 6.34. The molecule has 1 saturated heterocycles. The van der Waals surface area contributed by atoms with Gasteiger partial charge in [0.15, 0.2) is 0 Å². The molecule has 1 N–H and O–H groups in total. The van der Waals surface area contributed by atoms with Gasteiger partial charge in [-0.1, -0.05) is 36.6 Å². The normalized spacial score (nSPS) is 18.3. The summed E-state index contributed by atoms with van der Waals surface area (Å²) in [6.07, 6.45) is 6.12. The van der Waals surface area contributed by atoms with Crippen molar-refractivity contribution in [3.05, 3.63) is 46.7 Å². The van der Waals surface area contributed by atoms with Gasteiger partial charge in [0.25, 0.3) is 0 Å². The minimum absolute atomic E-state index is 0.0621. The molecule has 6 heteroatoms. The van der Waals surface area contributed by atoms with E-state index in [0.29, 0.717) is 5.02 Å². The molecule has 2 aromatic rings. The van der Waals surface area contributed by atoms with E-state index >= 15 is 0 Å². The number of rotatable bonds is 2. The van der Waals surface area contributed by atoms with Gasteiger partial charge in [0, 0.05) is 24.8 Å². The molecule has 0 saturated carbocycles. The van der Waals surface area contributed by atoms with E-state index in [9.17, 15) is 4.79 Å². The third kappa shape index (κ3) is 3.73. The van der Waals surface area contributed by atoms with Crippen molar-refractivity contribution in [1.29, 1.82) is 0 Å². The lowest BCUT2D eigenvalue weighted by Crippen LogP contribution is -2.38. The number of aromatic nitrogens is 2. The highest BCUT2D eigenvalue weighted by Gasteiger charge is 2.27. The highest BCUT2D eigenvalue weighted by molar-refractivity contribution is 6.30. The van der Waals surface area contributed by atoms with Gasteiger partial charge in [0.1, 0.15) is 0 Å². The van der Waals surface area contributed by atoms with Crippen molar-refractivity contribution < 1.29 is 4.79 Å². The Balaban J connectivity index is 1.82. The maximum atomic E-state index is 12.9. The second kappa shape index (κ2) is 7.26. The SMILES string of the molecule is Cc1nn(C)cc1NC(=O)N1CCCCC[C@@H]1c1ccc(Cl)cc1. The molecule has 1 aliphatic rings. The first-order chi connectivity index (χ1) is 11.5. The number of carbonyl (C=O) groups is 1. The quantitative estimate of drug-likeness (QED) is 0.868. The van der Waals surface area contributed by atoms with Crippen molar-refractivity contribution in [2.45, 2.75) is 38.6 Å². The molecule has 0 radical (unpaired) electrons. The Hall–Kier alpha value is -2.01. The number of nitrogens with one attached hydrogen (secondary N) is 1. The average molecular weight is 347 g/mol. The molecule has 1 aromatic heterocycles. The van der Waals surface area contributed by atoms with Gasteiger partial charge in [-0.15, -0.1) is 0 Å². The summed E-state index contributed by atoms with van der Waals surface area (Å²) in [4.78, 5) is 14.8. The van der Waals surface area contributed by atoms with Crippen LogP contribution in [0, 0.1) is 6.92 Å². The number of hydrogen-bond acceptors (Lipinski definition) is 2. The molecule has 5 nitrogen and oxygen atoms in total. The molecule has 128 valence electrons. The lowest BCUT2D eigenvalue weighted by atomic mass is 10.0. The van der Waals surface area contributed by atoms with Crippen LogP contribution in [-0.2, 0) is 7.05 Å². The van der Waals surface area contributed by atoms with Crippen LogP contribution in [0.3, 0.4) is 0 Å². The number of hydrogen-bond donors (Lipinski definition) is 1. The Morgan fingerprint density at radius 2 is 2.00 bits per heavy atom. The summed E-state index contributed by atoms with van der Waals surface area (Å²) in [5.74, 6) is 0. The minimum atomic E-state index is -0.0621. The number of halogens is 1. The van der Waals surface area contributed by atoms with Crippen molar-refractivity contribution in [1.82, 2.24) is 14.7 Å². The predicted molar refractivity (Wildman–Crippen MR) is 96.3 cm³/mol. The Morgan fingerprint density at radius 1 is 1.25 bits per heavy atom. The van der Waals surface area contributed by atoms with Gasteiger partial charge < -0.3 is 10.2 Å². The zero-order valence-corrected chi connectivity index (χ0v) is 14.9. The van der Waals surface area contributed by atoms with Gasteiger partial charge >= 0.3 is 6.03 Å². The first kappa shape index (κ1) is 16.8. The molecule has 0 aliphatic carbocycles. The Kier molecular flexibility index (Phi) is 5.09. The number of anilines is 1. The molecule has 0 spiro atoms. The number of nitrogens with zero attached hydrogens (tertiary/aromatic N) is 3. The molecular formula is C18H23ClN4O. The number of carbonyl (C=O) groups excluding carboxylic acids is 1. The summed E-state index contributed by atoms with van der Waals surface area (Å²) in [5.41, 5.74) is 2.73. The molecule has 1 atom stereocenters. The molecule has 24 heavy (non-hydrogen) atoms. The van der Waals surface area contributed by atoms with Gasteiger partial charge in [-0.2, -0.15) is 5.10 Å². The third-order valence-corrected chi connectivity index (χ3v) is 4.78. The van der Waals surface area contributed by atoms with Crippen molar-refractivity contribution in [3.8, 4) is 0 Å². The topological polar surface area (TPSA) is 50.2 Å². The van der Waals surface area contributed by atoms with Crippen LogP contribution < -0.4 is 5.32 Å². The molecule has 1 aromatic carbocycles. The standard InChI is InChI=1S/C18H23ClN4O/c1-13-16(12-22(2)21-13)20-18(24)23-11-5-3-4-6-17(23)14-7-9-15(19)10-8-14/h7-10,12,17H,3-6,11H2,1-2H3,(H,20,24)/t17-/m1/s1. The van der Waals surface area contributed by atoms with E-state index in [1.807, 2.05) is 49.3 Å². The molecule has 1 aliphatic heterocycles. The minimum Gasteiger partial charge on any atom is -0.317 e. The molecule has 0 unspecified atom stereocenters. The third-order valence-electron chi connectivity index (χ3n) is 4.52. The van der Waals surface area contributed by atoms with Crippen LogP contribution in [0.5, 0.6) is 0 Å². The van der Waals surface area contributed by atoms with Crippen LogP contribution in [0.15, 0.2) is 30.5 Å². The van der Waals surface area contributed by atoms with Crippen molar-refractivity contribution in [2.75, 3.05) is 11.9 Å². The first-order valence-corrected chi connectivity index (χ1v) is 8.76. The molecule has 0 bridgehead atoms. The summed E-state index contributed by atoms with van der Waals surface area (Å²) < 4.78 is 1.71. The van der Waals surface area contributed by atoms with E-state index in [1.165, 1.54) is 0 Å². The number of urea groups is 1. The van der Waals surface area contributed by atoms with Crippen LogP contribution in [0.2, 0.25) is 5.02 Å². The van der Waals surface area contributed by atoms with Crippen LogP contribution >= 0.6 is 11.6 Å². The molecule has 3 rings (SSSR count). The van der Waals surface area contributed by atoms with E-state index in [2.05, 4.69) is 10.4 Å². The summed E-state index contributed by atoms with van der Waals surface area (Å²) in [7, 11) is 1.85. The highest BCUT2D eigenvalue weighted by atomic mass is 35.5. The highest BCUT2D eigenvalue weighted by Crippen LogP contribution is 2.31. The summed E-state index contributed by atoms with van der Waals surface area (Å²) >= 11 is 6.01. The average Bonchev–Trinajstić information content (AvgIpc) is 2.76. The number of amides is 2. The van der Waals surface area contributed by atoms with Crippen molar-refractivity contribution >= 4 is 23.3 Å². The van der Waals surface area contributed by atoms with E-state index in [-0.39, 0.29) is 12.1 Å². The van der Waals surface area contributed by atoms with Crippen molar-refractivity contribution in [2.24, 2.45) is 7.05 Å². The summed E-state index contributed by atoms with van der Waals surface area (Å²) in [6, 6.07) is 7.85. The lowest BCUT2D eigenvalue weighted by Gasteiger charge is -2.30. The van der Waals surface area contributed by atoms with Crippen LogP contribution in [0.25, 0.3) is 0 Å². The molecule has 1 fully saturated rings. The molecule has 2 amide bonds. The molecule has 2 heterocycles. The fraction of sp³-hybridized carbons (Fsp3) is 0.444. The van der Waals surface area contributed by atoms with E-state index < -0.39 is 0 Å². The van der Waals surface area contributed by atoms with E-state index in [4.69, 9.17) is 11.6 Å². The van der Waals surface area contributed by atoms with E-state index in [1.54, 1.807) is 4.68 Å². The number of likely N-dealkylation sites (tertiary alicyclic amines) is 1. The van der Waals surface area contributed by atoms with Gasteiger partial charge in [-0.3, -0.25) is 4.68 Å². The largest absolute Gasteiger partial charge is 0.322 e. The Morgan fingerprint density at radius 3 is 2.67 bits per heavy atom. The molecular weight excluding hydrogens is 324 g/mol. The van der Waals surface area contributed by atoms with Gasteiger partial charge in [0.05, 0.1) is 17.4 Å². The number of aryl methyl sites for hydroxylation is 2. The fourth-order valence-electron chi connectivity index (χ4n) is 3.29. The van der Waals surface area contributed by atoms with Gasteiger partial charge in [0.2, 0.25) is 0 Å². The van der Waals surface area contributed by atoms with Gasteiger partial charge in [-0.05, 0) is 37.5 Å². The zero-order chi connectivity index (χ0) is 17.1. The van der Waals surface area contributed by atoms with Crippen LogP contribution in [0.4, 0.5) is 10.5 Å². The predicted octanol–water partition coefficient (Wildman–Crippen LogP) is 4.53. The van der Waals surface area contributed by atoms with Crippen LogP contribution in [0.1, 0.15) is 43.0 Å². The Bertz CT molecular complexity index is 710. The van der Waals surface area contributed by atoms with Crippen molar-refractivity contribution in [3.63, 3.8) is 0 Å². The maximum Gasteiger partial charge on any atom is 0.322 e.